The number of esters is 1. The van der Waals surface area contributed by atoms with Crippen molar-refractivity contribution in [2.75, 3.05) is 11.9 Å². The van der Waals surface area contributed by atoms with Gasteiger partial charge in [-0.15, -0.1) is 0 Å². The van der Waals surface area contributed by atoms with Gasteiger partial charge in [-0.3, -0.25) is 9.59 Å². The number of halogens is 2. The molecule has 0 unspecified atom stereocenters. The zero-order valence-corrected chi connectivity index (χ0v) is 15.1. The van der Waals surface area contributed by atoms with E-state index in [1.54, 1.807) is 19.1 Å². The Labute approximate surface area is 154 Å². The van der Waals surface area contributed by atoms with Crippen LogP contribution in [0.15, 0.2) is 36.4 Å². The second kappa shape index (κ2) is 8.14. The summed E-state index contributed by atoms with van der Waals surface area (Å²) in [4.78, 5) is 35.4. The van der Waals surface area contributed by atoms with Crippen molar-refractivity contribution < 1.29 is 19.1 Å². The second-order valence-electron chi connectivity index (χ2n) is 5.34. The quantitative estimate of drug-likeness (QED) is 0.620. The molecular weight excluding hydrogens is 365 g/mol. The molecule has 0 aromatic heterocycles. The van der Waals surface area contributed by atoms with E-state index >= 15 is 0 Å². The average molecular weight is 380 g/mol. The lowest BCUT2D eigenvalue weighted by molar-refractivity contribution is -0.114. The second-order valence-corrected chi connectivity index (χ2v) is 6.15. The summed E-state index contributed by atoms with van der Waals surface area (Å²) in [6.07, 6.45) is 0. The smallest absolute Gasteiger partial charge is 0.338 e. The summed E-state index contributed by atoms with van der Waals surface area (Å²) in [6.45, 7) is 2.74. The predicted molar refractivity (Wildman–Crippen MR) is 96.6 cm³/mol. The number of benzene rings is 2. The third-order valence-electron chi connectivity index (χ3n) is 3.36. The number of carbonyl (C=O) groups is 3. The third-order valence-corrected chi connectivity index (χ3v) is 4.10. The number of nitrogens with one attached hydrogen (secondary N) is 1. The van der Waals surface area contributed by atoms with Crippen LogP contribution in [-0.2, 0) is 9.53 Å². The van der Waals surface area contributed by atoms with Gasteiger partial charge in [-0.25, -0.2) is 4.79 Å². The molecule has 0 heterocycles. The SMILES string of the molecule is CC(=O)Nc1cc(C(=O)OCC(=O)c2ccc(Cl)c(Cl)c2)ccc1C. The van der Waals surface area contributed by atoms with Gasteiger partial charge in [-0.1, -0.05) is 29.3 Å². The molecule has 0 fully saturated rings. The highest BCUT2D eigenvalue weighted by molar-refractivity contribution is 6.42. The highest BCUT2D eigenvalue weighted by atomic mass is 35.5. The molecule has 1 N–H and O–H groups in total. The topological polar surface area (TPSA) is 72.5 Å². The number of hydrogen-bond acceptors (Lipinski definition) is 4. The molecule has 0 radical (unpaired) electrons. The number of carbonyl (C=O) groups excluding carboxylic acids is 3. The Hall–Kier alpha value is -2.37. The first kappa shape index (κ1) is 19.0. The van der Waals surface area contributed by atoms with Crippen molar-refractivity contribution in [2.24, 2.45) is 0 Å². The van der Waals surface area contributed by atoms with Gasteiger partial charge < -0.3 is 10.1 Å². The van der Waals surface area contributed by atoms with Gasteiger partial charge >= 0.3 is 5.97 Å². The summed E-state index contributed by atoms with van der Waals surface area (Å²) in [6, 6.07) is 9.17. The Morgan fingerprint density at radius 1 is 1.00 bits per heavy atom. The Balaban J connectivity index is 2.05. The highest BCUT2D eigenvalue weighted by Crippen LogP contribution is 2.23. The van der Waals surface area contributed by atoms with Crippen LogP contribution < -0.4 is 5.32 Å². The van der Waals surface area contributed by atoms with Gasteiger partial charge in [0.25, 0.3) is 0 Å². The first-order valence-corrected chi connectivity index (χ1v) is 8.07. The Morgan fingerprint density at radius 2 is 1.68 bits per heavy atom. The molecule has 2 rings (SSSR count). The third kappa shape index (κ3) is 5.05. The van der Waals surface area contributed by atoms with Crippen LogP contribution in [0.2, 0.25) is 10.0 Å². The number of hydrogen-bond donors (Lipinski definition) is 1. The van der Waals surface area contributed by atoms with E-state index < -0.39 is 18.4 Å². The summed E-state index contributed by atoms with van der Waals surface area (Å²) in [7, 11) is 0. The molecular formula is C18H15Cl2NO4. The van der Waals surface area contributed by atoms with Gasteiger partial charge in [0.15, 0.2) is 12.4 Å². The molecule has 0 bridgehead atoms. The van der Waals surface area contributed by atoms with Gasteiger partial charge in [0.2, 0.25) is 5.91 Å². The summed E-state index contributed by atoms with van der Waals surface area (Å²) in [5.41, 5.74) is 1.85. The van der Waals surface area contributed by atoms with E-state index in [1.807, 2.05) is 0 Å². The summed E-state index contributed by atoms with van der Waals surface area (Å²) in [5, 5.41) is 3.21. The molecule has 130 valence electrons. The number of anilines is 1. The van der Waals surface area contributed by atoms with E-state index in [0.29, 0.717) is 16.3 Å². The number of ketones is 1. The first-order chi connectivity index (χ1) is 11.8. The predicted octanol–water partition coefficient (Wildman–Crippen LogP) is 4.30. The van der Waals surface area contributed by atoms with E-state index in [4.69, 9.17) is 27.9 Å². The minimum absolute atomic E-state index is 0.233. The van der Waals surface area contributed by atoms with Gasteiger partial charge in [0.05, 0.1) is 15.6 Å². The molecule has 5 nitrogen and oxygen atoms in total. The van der Waals surface area contributed by atoms with Crippen LogP contribution in [0.25, 0.3) is 0 Å². The summed E-state index contributed by atoms with van der Waals surface area (Å²) in [5.74, 6) is -1.32. The van der Waals surface area contributed by atoms with Crippen LogP contribution >= 0.6 is 23.2 Å². The van der Waals surface area contributed by atoms with Gasteiger partial charge in [-0.2, -0.15) is 0 Å². The van der Waals surface area contributed by atoms with E-state index in [-0.39, 0.29) is 16.5 Å². The monoisotopic (exact) mass is 379 g/mol. The maximum atomic E-state index is 12.1. The van der Waals surface area contributed by atoms with Crippen molar-refractivity contribution >= 4 is 46.5 Å². The van der Waals surface area contributed by atoms with E-state index in [1.165, 1.54) is 31.2 Å². The standard InChI is InChI=1S/C18H15Cl2NO4/c1-10-3-4-13(8-16(10)21-11(2)22)18(24)25-9-17(23)12-5-6-14(19)15(20)7-12/h3-8H,9H2,1-2H3,(H,21,22). The van der Waals surface area contributed by atoms with E-state index in [9.17, 15) is 14.4 Å². The van der Waals surface area contributed by atoms with E-state index in [2.05, 4.69) is 5.32 Å². The number of rotatable bonds is 5. The lowest BCUT2D eigenvalue weighted by atomic mass is 10.1. The molecule has 1 amide bonds. The maximum Gasteiger partial charge on any atom is 0.338 e. The molecule has 2 aromatic carbocycles. The Bertz CT molecular complexity index is 849. The molecule has 7 heteroatoms. The normalized spacial score (nSPS) is 10.2. The van der Waals surface area contributed by atoms with Crippen LogP contribution in [-0.4, -0.2) is 24.3 Å². The average Bonchev–Trinajstić information content (AvgIpc) is 2.56. The molecule has 0 atom stereocenters. The van der Waals surface area contributed by atoms with Crippen molar-refractivity contribution in [3.63, 3.8) is 0 Å². The first-order valence-electron chi connectivity index (χ1n) is 7.31. The molecule has 0 aliphatic carbocycles. The highest BCUT2D eigenvalue weighted by Gasteiger charge is 2.14. The minimum Gasteiger partial charge on any atom is -0.454 e. The fourth-order valence-corrected chi connectivity index (χ4v) is 2.34. The molecule has 0 saturated heterocycles. The van der Waals surface area contributed by atoms with Crippen LogP contribution in [0.3, 0.4) is 0 Å². The summed E-state index contributed by atoms with van der Waals surface area (Å²) >= 11 is 11.7. The van der Waals surface area contributed by atoms with Crippen molar-refractivity contribution in [2.45, 2.75) is 13.8 Å². The van der Waals surface area contributed by atoms with Crippen LogP contribution in [0, 0.1) is 6.92 Å². The minimum atomic E-state index is -0.667. The van der Waals surface area contributed by atoms with Gasteiger partial charge in [0.1, 0.15) is 0 Å². The summed E-state index contributed by atoms with van der Waals surface area (Å²) < 4.78 is 5.04. The molecule has 0 saturated carbocycles. The van der Waals surface area contributed by atoms with Gasteiger partial charge in [-0.05, 0) is 42.8 Å². The Kier molecular flexibility index (Phi) is 6.17. The molecule has 0 spiro atoms. The van der Waals surface area contributed by atoms with E-state index in [0.717, 1.165) is 5.56 Å². The zero-order valence-electron chi connectivity index (χ0n) is 13.6. The molecule has 25 heavy (non-hydrogen) atoms. The molecule has 2 aromatic rings. The number of aryl methyl sites for hydroxylation is 1. The van der Waals surface area contributed by atoms with Crippen LogP contribution in [0.5, 0.6) is 0 Å². The number of Topliss-reactive ketones (excluding diaryl/α,β-unsaturated/α-hetero) is 1. The lowest BCUT2D eigenvalue weighted by Gasteiger charge is -2.09. The lowest BCUT2D eigenvalue weighted by Crippen LogP contribution is -2.15. The zero-order chi connectivity index (χ0) is 18.6. The van der Waals surface area contributed by atoms with Crippen molar-refractivity contribution in [3.8, 4) is 0 Å². The fourth-order valence-electron chi connectivity index (χ4n) is 2.04. The fraction of sp³-hybridized carbons (Fsp3) is 0.167. The number of ether oxygens (including phenoxy) is 1. The molecule has 0 aliphatic heterocycles. The maximum absolute atomic E-state index is 12.1. The van der Waals surface area contributed by atoms with Gasteiger partial charge in [0, 0.05) is 18.2 Å². The van der Waals surface area contributed by atoms with Crippen molar-refractivity contribution in [1.29, 1.82) is 0 Å². The Morgan fingerprint density at radius 3 is 2.32 bits per heavy atom. The van der Waals surface area contributed by atoms with Crippen molar-refractivity contribution in [3.05, 3.63) is 63.1 Å². The van der Waals surface area contributed by atoms with Crippen molar-refractivity contribution in [1.82, 2.24) is 0 Å². The van der Waals surface area contributed by atoms with Crippen LogP contribution in [0.1, 0.15) is 33.2 Å². The molecule has 0 aliphatic rings. The largest absolute Gasteiger partial charge is 0.454 e. The van der Waals surface area contributed by atoms with Crippen LogP contribution in [0.4, 0.5) is 5.69 Å². The number of amides is 1.